The molecule has 6 nitrogen and oxygen atoms in total. The van der Waals surface area contributed by atoms with Gasteiger partial charge in [0.25, 0.3) is 10.0 Å². The minimum atomic E-state index is -3.57. The minimum absolute atomic E-state index is 0.111. The molecule has 0 aliphatic carbocycles. The molecule has 0 saturated heterocycles. The highest BCUT2D eigenvalue weighted by atomic mass is 35.5. The molecule has 104 valence electrons. The Labute approximate surface area is 120 Å². The molecule has 2 rings (SSSR count). The Morgan fingerprint density at radius 1 is 1.53 bits per heavy atom. The topological polar surface area (TPSA) is 76.9 Å². The van der Waals surface area contributed by atoms with E-state index in [9.17, 15) is 8.42 Å². The lowest BCUT2D eigenvalue weighted by atomic mass is 10.2. The number of thiazole rings is 1. The van der Waals surface area contributed by atoms with Crippen LogP contribution in [0.1, 0.15) is 18.2 Å². The summed E-state index contributed by atoms with van der Waals surface area (Å²) in [6.07, 6.45) is 3.81. The van der Waals surface area contributed by atoms with E-state index in [1.54, 1.807) is 17.9 Å². The lowest BCUT2D eigenvalue weighted by Crippen LogP contribution is -2.22. The first-order valence-corrected chi connectivity index (χ1v) is 8.22. The predicted octanol–water partition coefficient (Wildman–Crippen LogP) is 1.57. The molecule has 0 amide bonds. The second-order valence-corrected chi connectivity index (χ2v) is 7.49. The molecule has 2 aromatic rings. The number of sulfonamides is 1. The van der Waals surface area contributed by atoms with Gasteiger partial charge in [-0.15, -0.1) is 0 Å². The van der Waals surface area contributed by atoms with Crippen LogP contribution in [0.5, 0.6) is 0 Å². The Kier molecular flexibility index (Phi) is 4.24. The largest absolute Gasteiger partial charge is 0.275 e. The van der Waals surface area contributed by atoms with Gasteiger partial charge in [0.05, 0.1) is 11.9 Å². The van der Waals surface area contributed by atoms with Gasteiger partial charge in [0.2, 0.25) is 0 Å². The molecule has 0 aromatic carbocycles. The van der Waals surface area contributed by atoms with Crippen LogP contribution in [0.2, 0.25) is 4.47 Å². The van der Waals surface area contributed by atoms with E-state index in [1.807, 2.05) is 6.92 Å². The average Bonchev–Trinajstić information content (AvgIpc) is 2.93. The third-order valence-electron chi connectivity index (χ3n) is 2.50. The number of hydrogen-bond donors (Lipinski definition) is 1. The monoisotopic (exact) mass is 320 g/mol. The number of hydrogen-bond acceptors (Lipinski definition) is 5. The van der Waals surface area contributed by atoms with Crippen LogP contribution in [0.15, 0.2) is 16.6 Å². The molecular weight excluding hydrogens is 308 g/mol. The number of nitrogens with zero attached hydrogens (tertiary/aromatic N) is 3. The first-order valence-electron chi connectivity index (χ1n) is 5.54. The zero-order valence-electron chi connectivity index (χ0n) is 10.4. The highest BCUT2D eigenvalue weighted by molar-refractivity contribution is 7.91. The van der Waals surface area contributed by atoms with E-state index in [1.165, 1.54) is 6.20 Å². The molecule has 0 radical (unpaired) electrons. The maximum Gasteiger partial charge on any atom is 0.252 e. The lowest BCUT2D eigenvalue weighted by molar-refractivity contribution is 0.583. The fraction of sp³-hybridized carbons (Fsp3) is 0.400. The van der Waals surface area contributed by atoms with E-state index in [-0.39, 0.29) is 15.2 Å². The van der Waals surface area contributed by atoms with Crippen molar-refractivity contribution in [1.82, 2.24) is 19.5 Å². The molecule has 0 atom stereocenters. The highest BCUT2D eigenvalue weighted by Gasteiger charge is 2.18. The maximum atomic E-state index is 12.0. The van der Waals surface area contributed by atoms with E-state index in [2.05, 4.69) is 14.8 Å². The third kappa shape index (κ3) is 3.33. The summed E-state index contributed by atoms with van der Waals surface area (Å²) in [4.78, 5) is 3.72. The SMILES string of the molecule is CCc1nn(C)cc1CNS(=O)(=O)c1cnc(Cl)s1. The van der Waals surface area contributed by atoms with Gasteiger partial charge >= 0.3 is 0 Å². The maximum absolute atomic E-state index is 12.0. The van der Waals surface area contributed by atoms with E-state index < -0.39 is 10.0 Å². The van der Waals surface area contributed by atoms with Crippen molar-refractivity contribution in [2.45, 2.75) is 24.1 Å². The Bertz CT molecular complexity index is 678. The van der Waals surface area contributed by atoms with Crippen molar-refractivity contribution < 1.29 is 8.42 Å². The molecule has 0 fully saturated rings. The smallest absolute Gasteiger partial charge is 0.252 e. The van der Waals surface area contributed by atoms with Crippen molar-refractivity contribution in [3.63, 3.8) is 0 Å². The van der Waals surface area contributed by atoms with Gasteiger partial charge in [-0.1, -0.05) is 29.9 Å². The molecule has 2 heterocycles. The summed E-state index contributed by atoms with van der Waals surface area (Å²) in [5, 5.41) is 4.26. The first-order chi connectivity index (χ1) is 8.92. The molecule has 9 heteroatoms. The van der Waals surface area contributed by atoms with Crippen molar-refractivity contribution in [2.75, 3.05) is 0 Å². The van der Waals surface area contributed by atoms with E-state index in [0.717, 1.165) is 29.0 Å². The molecule has 0 unspecified atom stereocenters. The quantitative estimate of drug-likeness (QED) is 0.907. The van der Waals surface area contributed by atoms with Crippen LogP contribution in [-0.2, 0) is 30.0 Å². The summed E-state index contributed by atoms with van der Waals surface area (Å²) < 4.78 is 28.5. The van der Waals surface area contributed by atoms with E-state index in [0.29, 0.717) is 0 Å². The average molecular weight is 321 g/mol. The molecule has 0 spiro atoms. The van der Waals surface area contributed by atoms with Crippen molar-refractivity contribution in [3.05, 3.63) is 28.1 Å². The number of rotatable bonds is 5. The van der Waals surface area contributed by atoms with Crippen LogP contribution in [0, 0.1) is 0 Å². The summed E-state index contributed by atoms with van der Waals surface area (Å²) in [6.45, 7) is 2.18. The minimum Gasteiger partial charge on any atom is -0.275 e. The summed E-state index contributed by atoms with van der Waals surface area (Å²) in [7, 11) is -1.76. The van der Waals surface area contributed by atoms with Gasteiger partial charge in [-0.25, -0.2) is 18.1 Å². The molecule has 0 aliphatic heterocycles. The van der Waals surface area contributed by atoms with Crippen LogP contribution in [0.3, 0.4) is 0 Å². The van der Waals surface area contributed by atoms with Crippen molar-refractivity contribution in [2.24, 2.45) is 7.05 Å². The molecular formula is C10H13ClN4O2S2. The zero-order chi connectivity index (χ0) is 14.0. The summed E-state index contributed by atoms with van der Waals surface area (Å²) in [5.41, 5.74) is 1.75. The molecule has 0 bridgehead atoms. The number of aryl methyl sites for hydroxylation is 2. The fourth-order valence-corrected chi connectivity index (χ4v) is 3.98. The first kappa shape index (κ1) is 14.4. The van der Waals surface area contributed by atoms with Crippen molar-refractivity contribution in [3.8, 4) is 0 Å². The van der Waals surface area contributed by atoms with Gasteiger partial charge in [-0.3, -0.25) is 4.68 Å². The molecule has 2 aromatic heterocycles. The third-order valence-corrected chi connectivity index (χ3v) is 5.48. The number of aromatic nitrogens is 3. The number of halogens is 1. The molecule has 0 saturated carbocycles. The van der Waals surface area contributed by atoms with E-state index in [4.69, 9.17) is 11.6 Å². The van der Waals surface area contributed by atoms with Crippen molar-refractivity contribution in [1.29, 1.82) is 0 Å². The van der Waals surface area contributed by atoms with Crippen LogP contribution < -0.4 is 4.72 Å². The molecule has 19 heavy (non-hydrogen) atoms. The zero-order valence-corrected chi connectivity index (χ0v) is 12.8. The number of nitrogens with one attached hydrogen (secondary N) is 1. The van der Waals surface area contributed by atoms with Gasteiger partial charge in [-0.2, -0.15) is 5.10 Å². The van der Waals surface area contributed by atoms with Gasteiger partial charge in [0.15, 0.2) is 8.68 Å². The normalized spacial score (nSPS) is 11.9. The highest BCUT2D eigenvalue weighted by Crippen LogP contribution is 2.22. The van der Waals surface area contributed by atoms with E-state index >= 15 is 0 Å². The van der Waals surface area contributed by atoms with Gasteiger partial charge in [-0.05, 0) is 6.42 Å². The molecule has 1 N–H and O–H groups in total. The lowest BCUT2D eigenvalue weighted by Gasteiger charge is -2.03. The second kappa shape index (κ2) is 5.58. The van der Waals surface area contributed by atoms with Crippen LogP contribution in [0.25, 0.3) is 0 Å². The Morgan fingerprint density at radius 2 is 2.26 bits per heavy atom. The van der Waals surface area contributed by atoms with Gasteiger partial charge in [0.1, 0.15) is 0 Å². The standard InChI is InChI=1S/C10H13ClN4O2S2/c1-3-8-7(6-15(2)14-8)4-13-19(16,17)9-5-12-10(11)18-9/h5-6,13H,3-4H2,1-2H3. The van der Waals surface area contributed by atoms with Gasteiger partial charge < -0.3 is 0 Å². The summed E-state index contributed by atoms with van der Waals surface area (Å²) in [5.74, 6) is 0. The van der Waals surface area contributed by atoms with Crippen LogP contribution >= 0.6 is 22.9 Å². The van der Waals surface area contributed by atoms with Crippen LogP contribution in [-0.4, -0.2) is 23.2 Å². The van der Waals surface area contributed by atoms with Crippen LogP contribution in [0.4, 0.5) is 0 Å². The summed E-state index contributed by atoms with van der Waals surface area (Å²) in [6, 6.07) is 0. The second-order valence-electron chi connectivity index (χ2n) is 3.89. The molecule has 0 aliphatic rings. The Balaban J connectivity index is 2.13. The summed E-state index contributed by atoms with van der Waals surface area (Å²) >= 11 is 6.56. The Hall–Kier alpha value is -0.960. The van der Waals surface area contributed by atoms with Gasteiger partial charge in [0, 0.05) is 25.4 Å². The fourth-order valence-electron chi connectivity index (χ4n) is 1.64. The Morgan fingerprint density at radius 3 is 2.84 bits per heavy atom. The van der Waals surface area contributed by atoms with Crippen molar-refractivity contribution >= 4 is 33.0 Å². The predicted molar refractivity (Wildman–Crippen MR) is 73.7 cm³/mol.